The summed E-state index contributed by atoms with van der Waals surface area (Å²) in [6.07, 6.45) is 0. The van der Waals surface area contributed by atoms with E-state index in [1.807, 2.05) is 32.9 Å². The van der Waals surface area contributed by atoms with E-state index >= 15 is 0 Å². The van der Waals surface area contributed by atoms with Gasteiger partial charge < -0.3 is 16.4 Å². The van der Waals surface area contributed by atoms with E-state index < -0.39 is 0 Å². The summed E-state index contributed by atoms with van der Waals surface area (Å²) in [6, 6.07) is 8.02. The van der Waals surface area contributed by atoms with Gasteiger partial charge in [0.2, 0.25) is 11.8 Å². The molecule has 25 heavy (non-hydrogen) atoms. The third kappa shape index (κ3) is 5.81. The van der Waals surface area contributed by atoms with Gasteiger partial charge in [-0.3, -0.25) is 9.59 Å². The van der Waals surface area contributed by atoms with Gasteiger partial charge in [0.15, 0.2) is 0 Å². The zero-order valence-corrected chi connectivity index (χ0v) is 16.1. The lowest BCUT2D eigenvalue weighted by Crippen LogP contribution is -2.40. The van der Waals surface area contributed by atoms with Crippen molar-refractivity contribution in [1.29, 1.82) is 0 Å². The molecule has 1 aromatic carbocycles. The number of benzene rings is 1. The molecule has 1 heterocycles. The molecule has 1 atom stereocenters. The van der Waals surface area contributed by atoms with Gasteiger partial charge in [0, 0.05) is 5.56 Å². The molecule has 2 rings (SSSR count). The molecule has 0 bridgehead atoms. The number of thiazole rings is 1. The van der Waals surface area contributed by atoms with Crippen molar-refractivity contribution in [3.63, 3.8) is 0 Å². The number of nitrogens with zero attached hydrogens (tertiary/aromatic N) is 1. The van der Waals surface area contributed by atoms with Crippen molar-refractivity contribution >= 4 is 35.6 Å². The van der Waals surface area contributed by atoms with Crippen molar-refractivity contribution in [3.05, 3.63) is 40.4 Å². The fraction of sp³-hybridized carbons (Fsp3) is 0.353. The van der Waals surface area contributed by atoms with Crippen molar-refractivity contribution in [3.8, 4) is 10.6 Å². The summed E-state index contributed by atoms with van der Waals surface area (Å²) >= 11 is 1.56. The van der Waals surface area contributed by atoms with Gasteiger partial charge in [0.05, 0.1) is 29.7 Å². The highest BCUT2D eigenvalue weighted by molar-refractivity contribution is 7.15. The zero-order valence-electron chi connectivity index (χ0n) is 14.5. The topological polar surface area (TPSA) is 97.1 Å². The molecule has 4 N–H and O–H groups in total. The number of halogens is 1. The summed E-state index contributed by atoms with van der Waals surface area (Å²) in [7, 11) is 0. The molecule has 0 fully saturated rings. The van der Waals surface area contributed by atoms with Crippen LogP contribution in [0.5, 0.6) is 0 Å². The first-order valence-electron chi connectivity index (χ1n) is 7.71. The monoisotopic (exact) mass is 382 g/mol. The molecule has 0 aliphatic rings. The first kappa shape index (κ1) is 21.1. The van der Waals surface area contributed by atoms with Crippen LogP contribution in [-0.2, 0) is 9.59 Å². The lowest BCUT2D eigenvalue weighted by atomic mass is 10.2. The van der Waals surface area contributed by atoms with Gasteiger partial charge in [0.25, 0.3) is 0 Å². The Morgan fingerprint density at radius 1 is 1.20 bits per heavy atom. The molecular weight excluding hydrogens is 360 g/mol. The fourth-order valence-corrected chi connectivity index (χ4v) is 3.31. The standard InChI is InChI=1S/C17H22N4O2S.ClH/c1-10-4-6-13(7-5-10)17-21-12(3)16(24-17)11(2)20-15(23)9-19-14(22)8-18;/h4-7,11H,8-9,18H2,1-3H3,(H,19,22)(H,20,23);1H. The van der Waals surface area contributed by atoms with E-state index in [0.29, 0.717) is 0 Å². The third-order valence-corrected chi connectivity index (χ3v) is 4.92. The van der Waals surface area contributed by atoms with Crippen LogP contribution in [0.4, 0.5) is 0 Å². The number of rotatable bonds is 6. The van der Waals surface area contributed by atoms with Crippen LogP contribution in [0.15, 0.2) is 24.3 Å². The zero-order chi connectivity index (χ0) is 17.7. The summed E-state index contributed by atoms with van der Waals surface area (Å²) in [6.45, 7) is 5.67. The van der Waals surface area contributed by atoms with E-state index in [1.165, 1.54) is 5.56 Å². The minimum Gasteiger partial charge on any atom is -0.347 e. The fourth-order valence-electron chi connectivity index (χ4n) is 2.24. The van der Waals surface area contributed by atoms with Crippen LogP contribution in [-0.4, -0.2) is 29.9 Å². The van der Waals surface area contributed by atoms with Crippen LogP contribution in [0.2, 0.25) is 0 Å². The average Bonchev–Trinajstić information content (AvgIpc) is 2.95. The second-order valence-electron chi connectivity index (χ2n) is 5.60. The highest BCUT2D eigenvalue weighted by Gasteiger charge is 2.17. The SMILES string of the molecule is Cc1ccc(-c2nc(C)c(C(C)NC(=O)CNC(=O)CN)s2)cc1.Cl. The van der Waals surface area contributed by atoms with Gasteiger partial charge in [0.1, 0.15) is 5.01 Å². The predicted octanol–water partition coefficient (Wildman–Crippen LogP) is 2.10. The number of amides is 2. The molecule has 1 unspecified atom stereocenters. The second kappa shape index (κ2) is 9.50. The average molecular weight is 383 g/mol. The number of hydrogen-bond acceptors (Lipinski definition) is 5. The maximum atomic E-state index is 11.9. The molecule has 8 heteroatoms. The molecule has 0 spiro atoms. The van der Waals surface area contributed by atoms with Crippen molar-refractivity contribution in [2.45, 2.75) is 26.8 Å². The first-order chi connectivity index (χ1) is 11.4. The van der Waals surface area contributed by atoms with Gasteiger partial charge in [-0.05, 0) is 20.8 Å². The molecule has 0 saturated carbocycles. The van der Waals surface area contributed by atoms with Crippen LogP contribution in [0, 0.1) is 13.8 Å². The van der Waals surface area contributed by atoms with Crippen LogP contribution in [0.25, 0.3) is 10.6 Å². The molecule has 2 amide bonds. The Labute approximate surface area is 157 Å². The Morgan fingerprint density at radius 3 is 2.44 bits per heavy atom. The molecule has 0 aliphatic heterocycles. The number of aryl methyl sites for hydroxylation is 2. The predicted molar refractivity (Wildman–Crippen MR) is 103 cm³/mol. The van der Waals surface area contributed by atoms with Crippen molar-refractivity contribution in [2.24, 2.45) is 5.73 Å². The Hall–Kier alpha value is -1.96. The van der Waals surface area contributed by atoms with E-state index in [4.69, 9.17) is 5.73 Å². The molecule has 2 aromatic rings. The smallest absolute Gasteiger partial charge is 0.239 e. The van der Waals surface area contributed by atoms with E-state index in [-0.39, 0.29) is 43.4 Å². The Bertz CT molecular complexity index is 731. The Morgan fingerprint density at radius 2 is 1.84 bits per heavy atom. The minimum atomic E-state index is -0.353. The molecule has 136 valence electrons. The summed E-state index contributed by atoms with van der Waals surface area (Å²) < 4.78 is 0. The highest BCUT2D eigenvalue weighted by Crippen LogP contribution is 2.31. The quantitative estimate of drug-likeness (QED) is 0.712. The second-order valence-corrected chi connectivity index (χ2v) is 6.64. The number of nitrogens with one attached hydrogen (secondary N) is 2. The maximum Gasteiger partial charge on any atom is 0.239 e. The number of hydrogen-bond donors (Lipinski definition) is 3. The van der Waals surface area contributed by atoms with Crippen molar-refractivity contribution in [2.75, 3.05) is 13.1 Å². The summed E-state index contributed by atoms with van der Waals surface area (Å²) in [5.41, 5.74) is 8.35. The number of aromatic nitrogens is 1. The molecule has 6 nitrogen and oxygen atoms in total. The number of nitrogens with two attached hydrogens (primary N) is 1. The van der Waals surface area contributed by atoms with Crippen molar-refractivity contribution in [1.82, 2.24) is 15.6 Å². The Kier molecular flexibility index (Phi) is 8.02. The van der Waals surface area contributed by atoms with Gasteiger partial charge in [-0.1, -0.05) is 29.8 Å². The molecule has 1 aromatic heterocycles. The number of carbonyl (C=O) groups excluding carboxylic acids is 2. The minimum absolute atomic E-state index is 0. The van der Waals surface area contributed by atoms with E-state index in [1.54, 1.807) is 11.3 Å². The molecule has 0 radical (unpaired) electrons. The van der Waals surface area contributed by atoms with Crippen molar-refractivity contribution < 1.29 is 9.59 Å². The first-order valence-corrected chi connectivity index (χ1v) is 8.53. The highest BCUT2D eigenvalue weighted by atomic mass is 35.5. The van der Waals surface area contributed by atoms with Gasteiger partial charge in [-0.2, -0.15) is 0 Å². The van der Waals surface area contributed by atoms with Crippen LogP contribution in [0.1, 0.15) is 29.1 Å². The van der Waals surface area contributed by atoms with Crippen LogP contribution >= 0.6 is 23.7 Å². The number of carbonyl (C=O) groups is 2. The summed E-state index contributed by atoms with van der Waals surface area (Å²) in [5.74, 6) is -0.609. The molecular formula is C17H23ClN4O2S. The van der Waals surface area contributed by atoms with Crippen LogP contribution < -0.4 is 16.4 Å². The van der Waals surface area contributed by atoms with E-state index in [0.717, 1.165) is 21.1 Å². The molecule has 0 saturated heterocycles. The maximum absolute atomic E-state index is 11.9. The van der Waals surface area contributed by atoms with E-state index in [9.17, 15) is 9.59 Å². The lowest BCUT2D eigenvalue weighted by Gasteiger charge is -2.13. The largest absolute Gasteiger partial charge is 0.347 e. The van der Waals surface area contributed by atoms with Gasteiger partial charge >= 0.3 is 0 Å². The van der Waals surface area contributed by atoms with Gasteiger partial charge in [-0.15, -0.1) is 23.7 Å². The normalized spacial score (nSPS) is 11.4. The van der Waals surface area contributed by atoms with Crippen LogP contribution in [0.3, 0.4) is 0 Å². The summed E-state index contributed by atoms with van der Waals surface area (Å²) in [4.78, 5) is 28.6. The molecule has 0 aliphatic carbocycles. The Balaban J connectivity index is 0.00000312. The summed E-state index contributed by atoms with van der Waals surface area (Å²) in [5, 5.41) is 6.25. The lowest BCUT2D eigenvalue weighted by molar-refractivity contribution is -0.125. The third-order valence-electron chi connectivity index (χ3n) is 3.53. The van der Waals surface area contributed by atoms with E-state index in [2.05, 4.69) is 27.8 Å². The van der Waals surface area contributed by atoms with Gasteiger partial charge in [-0.25, -0.2) is 4.98 Å².